The lowest BCUT2D eigenvalue weighted by Gasteiger charge is -2.34. The first-order chi connectivity index (χ1) is 11.2. The molecule has 0 bridgehead atoms. The molecule has 1 heterocycles. The highest BCUT2D eigenvalue weighted by molar-refractivity contribution is 5.93. The van der Waals surface area contributed by atoms with Crippen molar-refractivity contribution in [1.82, 2.24) is 4.90 Å². The summed E-state index contributed by atoms with van der Waals surface area (Å²) in [5, 5.41) is 3.22. The van der Waals surface area contributed by atoms with Gasteiger partial charge in [-0.1, -0.05) is 0 Å². The van der Waals surface area contributed by atoms with Gasteiger partial charge < -0.3 is 20.7 Å². The Kier molecular flexibility index (Phi) is 5.31. The van der Waals surface area contributed by atoms with Crippen LogP contribution in [0.5, 0.6) is 0 Å². The number of nitrogens with zero attached hydrogens (tertiary/aromatic N) is 1. The molecule has 6 nitrogen and oxygen atoms in total. The van der Waals surface area contributed by atoms with Crippen LogP contribution in [0.1, 0.15) is 44.0 Å². The van der Waals surface area contributed by atoms with Crippen LogP contribution in [0.3, 0.4) is 0 Å². The number of primary amides is 1. The zero-order valence-corrected chi connectivity index (χ0v) is 14.3. The second-order valence-electron chi connectivity index (χ2n) is 6.94. The van der Waals surface area contributed by atoms with Gasteiger partial charge in [0.25, 0.3) is 5.91 Å². The van der Waals surface area contributed by atoms with E-state index in [0.717, 1.165) is 12.8 Å². The summed E-state index contributed by atoms with van der Waals surface area (Å²) in [4.78, 5) is 24.7. The molecule has 0 atom stereocenters. The first kappa shape index (κ1) is 18.0. The second-order valence-corrected chi connectivity index (χ2v) is 6.94. The van der Waals surface area contributed by atoms with Crippen LogP contribution in [0.25, 0.3) is 0 Å². The third kappa shape index (κ3) is 4.84. The number of benzene rings is 1. The predicted octanol–water partition coefficient (Wildman–Crippen LogP) is 2.74. The van der Waals surface area contributed by atoms with Gasteiger partial charge in [0.05, 0.1) is 5.56 Å². The summed E-state index contributed by atoms with van der Waals surface area (Å²) in [7, 11) is 0. The van der Waals surface area contributed by atoms with Gasteiger partial charge in [-0.25, -0.2) is 9.18 Å². The van der Waals surface area contributed by atoms with Crippen molar-refractivity contribution >= 4 is 17.7 Å². The van der Waals surface area contributed by atoms with Crippen LogP contribution in [0, 0.1) is 5.82 Å². The van der Waals surface area contributed by atoms with Gasteiger partial charge in [-0.05, 0) is 51.8 Å². The molecule has 1 aromatic carbocycles. The van der Waals surface area contributed by atoms with Gasteiger partial charge in [0.1, 0.15) is 11.4 Å². The maximum Gasteiger partial charge on any atom is 0.410 e. The van der Waals surface area contributed by atoms with E-state index in [4.69, 9.17) is 10.5 Å². The number of hydrogen-bond acceptors (Lipinski definition) is 4. The van der Waals surface area contributed by atoms with E-state index < -0.39 is 17.3 Å². The van der Waals surface area contributed by atoms with Crippen LogP contribution >= 0.6 is 0 Å². The number of rotatable bonds is 3. The Bertz CT molecular complexity index is 620. The first-order valence-electron chi connectivity index (χ1n) is 7.99. The molecule has 0 unspecified atom stereocenters. The van der Waals surface area contributed by atoms with Crippen molar-refractivity contribution in [1.29, 1.82) is 0 Å². The Hall–Kier alpha value is -2.31. The molecule has 0 saturated carbocycles. The fraction of sp³-hybridized carbons (Fsp3) is 0.529. The summed E-state index contributed by atoms with van der Waals surface area (Å²) >= 11 is 0. The van der Waals surface area contributed by atoms with Gasteiger partial charge in [0.15, 0.2) is 0 Å². The van der Waals surface area contributed by atoms with E-state index in [0.29, 0.717) is 18.8 Å². The summed E-state index contributed by atoms with van der Waals surface area (Å²) in [5.41, 5.74) is 5.05. The van der Waals surface area contributed by atoms with Gasteiger partial charge in [-0.3, -0.25) is 4.79 Å². The molecule has 1 fully saturated rings. The zero-order chi connectivity index (χ0) is 17.9. The highest BCUT2D eigenvalue weighted by atomic mass is 19.1. The van der Waals surface area contributed by atoms with E-state index in [1.165, 1.54) is 12.1 Å². The fourth-order valence-corrected chi connectivity index (χ4v) is 2.57. The largest absolute Gasteiger partial charge is 0.444 e. The minimum Gasteiger partial charge on any atom is -0.444 e. The summed E-state index contributed by atoms with van der Waals surface area (Å²) in [5.74, 6) is -1.43. The minimum absolute atomic E-state index is 0.125. The third-order valence-corrected chi connectivity index (χ3v) is 3.75. The molecule has 132 valence electrons. The Morgan fingerprint density at radius 3 is 2.42 bits per heavy atom. The van der Waals surface area contributed by atoms with Crippen LogP contribution in [0.2, 0.25) is 0 Å². The molecule has 3 N–H and O–H groups in total. The molecule has 0 aliphatic carbocycles. The van der Waals surface area contributed by atoms with Crippen LogP contribution in [0.4, 0.5) is 14.9 Å². The summed E-state index contributed by atoms with van der Waals surface area (Å²) in [6.45, 7) is 6.67. The number of nitrogens with one attached hydrogen (secondary N) is 1. The molecule has 1 saturated heterocycles. The van der Waals surface area contributed by atoms with Crippen molar-refractivity contribution in [2.45, 2.75) is 45.3 Å². The average Bonchev–Trinajstić information content (AvgIpc) is 2.45. The number of anilines is 1. The summed E-state index contributed by atoms with van der Waals surface area (Å²) in [6, 6.07) is 4.39. The van der Waals surface area contributed by atoms with Crippen molar-refractivity contribution in [3.63, 3.8) is 0 Å². The SMILES string of the molecule is CC(C)(C)OC(=O)N1CCC(Nc2ccc(C(N)=O)c(F)c2)CC1. The van der Waals surface area contributed by atoms with Gasteiger partial charge >= 0.3 is 6.09 Å². The number of halogens is 1. The molecular formula is C17H24FN3O3. The number of nitrogens with two attached hydrogens (primary N) is 1. The Labute approximate surface area is 141 Å². The molecule has 2 amide bonds. The number of carbonyl (C=O) groups is 2. The molecule has 24 heavy (non-hydrogen) atoms. The molecule has 0 spiro atoms. The van der Waals surface area contributed by atoms with E-state index >= 15 is 0 Å². The number of piperidine rings is 1. The molecule has 0 radical (unpaired) electrons. The second kappa shape index (κ2) is 7.07. The summed E-state index contributed by atoms with van der Waals surface area (Å²) in [6.07, 6.45) is 1.16. The molecule has 2 rings (SSSR count). The molecule has 1 aliphatic rings. The van der Waals surface area contributed by atoms with E-state index in [1.807, 2.05) is 20.8 Å². The number of amides is 2. The van der Waals surface area contributed by atoms with Crippen molar-refractivity contribution in [3.05, 3.63) is 29.6 Å². The van der Waals surface area contributed by atoms with Crippen molar-refractivity contribution in [3.8, 4) is 0 Å². The van der Waals surface area contributed by atoms with Gasteiger partial charge in [-0.2, -0.15) is 0 Å². The number of likely N-dealkylation sites (tertiary alicyclic amines) is 1. The Balaban J connectivity index is 1.88. The standard InChI is InChI=1S/C17H24FN3O3/c1-17(2,3)24-16(23)21-8-6-11(7-9-21)20-12-4-5-13(15(19)22)14(18)10-12/h4-5,10-11,20H,6-9H2,1-3H3,(H2,19,22). The lowest BCUT2D eigenvalue weighted by molar-refractivity contribution is 0.0210. The van der Waals surface area contributed by atoms with Gasteiger partial charge in [0.2, 0.25) is 0 Å². The number of carbonyl (C=O) groups excluding carboxylic acids is 2. The Morgan fingerprint density at radius 1 is 1.29 bits per heavy atom. The quantitative estimate of drug-likeness (QED) is 0.888. The lowest BCUT2D eigenvalue weighted by Crippen LogP contribution is -2.44. The average molecular weight is 337 g/mol. The smallest absolute Gasteiger partial charge is 0.410 e. The van der Waals surface area contributed by atoms with E-state index in [9.17, 15) is 14.0 Å². The topological polar surface area (TPSA) is 84.7 Å². The summed E-state index contributed by atoms with van der Waals surface area (Å²) < 4.78 is 19.1. The maximum atomic E-state index is 13.8. The van der Waals surface area contributed by atoms with Crippen LogP contribution in [-0.4, -0.2) is 41.6 Å². The van der Waals surface area contributed by atoms with Crippen molar-refractivity contribution < 1.29 is 18.7 Å². The third-order valence-electron chi connectivity index (χ3n) is 3.75. The zero-order valence-electron chi connectivity index (χ0n) is 14.3. The lowest BCUT2D eigenvalue weighted by atomic mass is 10.0. The van der Waals surface area contributed by atoms with Crippen LogP contribution in [-0.2, 0) is 4.74 Å². The minimum atomic E-state index is -0.787. The molecule has 1 aromatic rings. The normalized spacial score (nSPS) is 15.9. The highest BCUT2D eigenvalue weighted by Crippen LogP contribution is 2.20. The first-order valence-corrected chi connectivity index (χ1v) is 7.99. The monoisotopic (exact) mass is 337 g/mol. The van der Waals surface area contributed by atoms with E-state index in [2.05, 4.69) is 5.32 Å². The molecule has 0 aromatic heterocycles. The number of hydrogen-bond donors (Lipinski definition) is 2. The van der Waals surface area contributed by atoms with E-state index in [-0.39, 0.29) is 17.7 Å². The van der Waals surface area contributed by atoms with Gasteiger partial charge in [0, 0.05) is 24.8 Å². The Morgan fingerprint density at radius 2 is 1.92 bits per heavy atom. The molecule has 1 aliphatic heterocycles. The molecule has 7 heteroatoms. The van der Waals surface area contributed by atoms with Crippen molar-refractivity contribution in [2.75, 3.05) is 18.4 Å². The molecular weight excluding hydrogens is 313 g/mol. The number of ether oxygens (including phenoxy) is 1. The maximum absolute atomic E-state index is 13.8. The fourth-order valence-electron chi connectivity index (χ4n) is 2.57. The highest BCUT2D eigenvalue weighted by Gasteiger charge is 2.26. The van der Waals surface area contributed by atoms with Crippen LogP contribution in [0.15, 0.2) is 18.2 Å². The van der Waals surface area contributed by atoms with Crippen LogP contribution < -0.4 is 11.1 Å². The predicted molar refractivity (Wildman–Crippen MR) is 89.4 cm³/mol. The van der Waals surface area contributed by atoms with E-state index in [1.54, 1.807) is 11.0 Å². The van der Waals surface area contributed by atoms with Crippen molar-refractivity contribution in [2.24, 2.45) is 5.73 Å². The van der Waals surface area contributed by atoms with Gasteiger partial charge in [-0.15, -0.1) is 0 Å².